The number of aromatic amines is 1. The Morgan fingerprint density at radius 3 is 2.70 bits per heavy atom. The fraction of sp³-hybridized carbons (Fsp3) is 0.167. The molecular formula is C12H13Br2N3O2S. The first kappa shape index (κ1) is 15.6. The summed E-state index contributed by atoms with van der Waals surface area (Å²) in [5.74, 6) is 0. The van der Waals surface area contributed by atoms with Crippen molar-refractivity contribution in [3.05, 3.63) is 45.1 Å². The summed E-state index contributed by atoms with van der Waals surface area (Å²) >= 11 is 6.63. The van der Waals surface area contributed by atoms with E-state index in [1.54, 1.807) is 25.2 Å². The van der Waals surface area contributed by atoms with Crippen LogP contribution >= 0.6 is 31.9 Å². The molecule has 0 aliphatic heterocycles. The quantitative estimate of drug-likeness (QED) is 0.693. The van der Waals surface area contributed by atoms with Gasteiger partial charge in [0.05, 0.1) is 5.69 Å². The SMILES string of the molecule is CNCc1cc(S(=O)(=O)Nc2cc(Br)ccc2Br)c[nH]1. The van der Waals surface area contributed by atoms with Crippen molar-refractivity contribution in [1.82, 2.24) is 10.3 Å². The minimum atomic E-state index is -3.61. The molecule has 20 heavy (non-hydrogen) atoms. The molecule has 0 atom stereocenters. The second kappa shape index (κ2) is 6.30. The van der Waals surface area contributed by atoms with E-state index in [9.17, 15) is 8.42 Å². The monoisotopic (exact) mass is 421 g/mol. The molecule has 2 aromatic rings. The molecule has 3 N–H and O–H groups in total. The van der Waals surface area contributed by atoms with E-state index in [0.29, 0.717) is 16.7 Å². The highest BCUT2D eigenvalue weighted by Gasteiger charge is 2.17. The molecule has 108 valence electrons. The van der Waals surface area contributed by atoms with Gasteiger partial charge in [-0.3, -0.25) is 4.72 Å². The van der Waals surface area contributed by atoms with Crippen LogP contribution in [0.15, 0.2) is 44.3 Å². The number of benzene rings is 1. The molecule has 0 saturated heterocycles. The van der Waals surface area contributed by atoms with Crippen molar-refractivity contribution in [1.29, 1.82) is 0 Å². The Bertz CT molecular complexity index is 713. The molecule has 0 bridgehead atoms. The van der Waals surface area contributed by atoms with E-state index >= 15 is 0 Å². The molecule has 0 saturated carbocycles. The van der Waals surface area contributed by atoms with Gasteiger partial charge in [0.2, 0.25) is 0 Å². The first-order chi connectivity index (χ1) is 9.42. The Morgan fingerprint density at radius 2 is 2.00 bits per heavy atom. The van der Waals surface area contributed by atoms with Gasteiger partial charge in [-0.2, -0.15) is 0 Å². The lowest BCUT2D eigenvalue weighted by atomic mass is 10.3. The molecule has 0 aliphatic carbocycles. The number of anilines is 1. The first-order valence-corrected chi connectivity index (χ1v) is 8.79. The van der Waals surface area contributed by atoms with Gasteiger partial charge in [-0.1, -0.05) is 15.9 Å². The topological polar surface area (TPSA) is 74.0 Å². The molecule has 1 aromatic carbocycles. The summed E-state index contributed by atoms with van der Waals surface area (Å²) in [5.41, 5.74) is 1.29. The third kappa shape index (κ3) is 3.63. The number of sulfonamides is 1. The smallest absolute Gasteiger partial charge is 0.263 e. The summed E-state index contributed by atoms with van der Waals surface area (Å²) in [7, 11) is -1.81. The van der Waals surface area contributed by atoms with Gasteiger partial charge in [0.1, 0.15) is 4.90 Å². The minimum Gasteiger partial charge on any atom is -0.363 e. The number of aromatic nitrogens is 1. The second-order valence-electron chi connectivity index (χ2n) is 4.12. The number of rotatable bonds is 5. The maximum atomic E-state index is 12.3. The van der Waals surface area contributed by atoms with Crippen LogP contribution in [-0.2, 0) is 16.6 Å². The van der Waals surface area contributed by atoms with Crippen molar-refractivity contribution in [2.24, 2.45) is 0 Å². The Kier molecular flexibility index (Phi) is 4.90. The van der Waals surface area contributed by atoms with Crippen LogP contribution in [-0.4, -0.2) is 20.4 Å². The van der Waals surface area contributed by atoms with Crippen molar-refractivity contribution in [3.63, 3.8) is 0 Å². The van der Waals surface area contributed by atoms with Crippen molar-refractivity contribution in [2.45, 2.75) is 11.4 Å². The Balaban J connectivity index is 2.28. The lowest BCUT2D eigenvalue weighted by Gasteiger charge is -2.08. The van der Waals surface area contributed by atoms with Gasteiger partial charge >= 0.3 is 0 Å². The van der Waals surface area contributed by atoms with E-state index in [1.807, 2.05) is 6.07 Å². The standard InChI is InChI=1S/C12H13Br2N3O2S/c1-15-6-9-5-10(7-16-9)20(18,19)17-12-4-8(13)2-3-11(12)14/h2-5,7,15-17H,6H2,1H3. The normalized spacial score (nSPS) is 11.6. The zero-order valence-electron chi connectivity index (χ0n) is 10.6. The van der Waals surface area contributed by atoms with Crippen LogP contribution in [0.2, 0.25) is 0 Å². The summed E-state index contributed by atoms with van der Waals surface area (Å²) in [4.78, 5) is 3.13. The molecular weight excluding hydrogens is 410 g/mol. The Labute approximate surface area is 134 Å². The van der Waals surface area contributed by atoms with E-state index < -0.39 is 10.0 Å². The van der Waals surface area contributed by atoms with E-state index in [1.165, 1.54) is 6.20 Å². The maximum Gasteiger partial charge on any atom is 0.263 e. The van der Waals surface area contributed by atoms with Crippen LogP contribution in [0.1, 0.15) is 5.69 Å². The molecule has 8 heteroatoms. The van der Waals surface area contributed by atoms with Gasteiger partial charge in [-0.25, -0.2) is 8.42 Å². The Morgan fingerprint density at radius 1 is 1.25 bits per heavy atom. The summed E-state index contributed by atoms with van der Waals surface area (Å²) in [6, 6.07) is 6.89. The van der Waals surface area contributed by atoms with Crippen LogP contribution in [0, 0.1) is 0 Å². The highest BCUT2D eigenvalue weighted by atomic mass is 79.9. The zero-order valence-corrected chi connectivity index (χ0v) is 14.6. The van der Waals surface area contributed by atoms with Crippen LogP contribution in [0.25, 0.3) is 0 Å². The number of halogens is 2. The molecule has 0 spiro atoms. The van der Waals surface area contributed by atoms with Crippen LogP contribution in [0.4, 0.5) is 5.69 Å². The van der Waals surface area contributed by atoms with Gasteiger partial charge in [0.25, 0.3) is 10.0 Å². The zero-order chi connectivity index (χ0) is 14.8. The summed E-state index contributed by atoms with van der Waals surface area (Å²) < 4.78 is 28.6. The lowest BCUT2D eigenvalue weighted by Crippen LogP contribution is -2.12. The van der Waals surface area contributed by atoms with Crippen LogP contribution in [0.5, 0.6) is 0 Å². The van der Waals surface area contributed by atoms with Gasteiger partial charge in [-0.15, -0.1) is 0 Å². The Hall–Kier alpha value is -0.830. The molecule has 0 fully saturated rings. The number of hydrogen-bond acceptors (Lipinski definition) is 3. The third-order valence-corrected chi connectivity index (χ3v) is 5.10. The molecule has 0 aliphatic rings. The molecule has 1 aromatic heterocycles. The molecule has 0 unspecified atom stereocenters. The average molecular weight is 423 g/mol. The van der Waals surface area contributed by atoms with E-state index in [0.717, 1.165) is 10.2 Å². The van der Waals surface area contributed by atoms with Gasteiger partial charge < -0.3 is 10.3 Å². The fourth-order valence-electron chi connectivity index (χ4n) is 1.65. The van der Waals surface area contributed by atoms with Gasteiger partial charge in [0, 0.05) is 27.4 Å². The summed E-state index contributed by atoms with van der Waals surface area (Å²) in [6.45, 7) is 0.579. The van der Waals surface area contributed by atoms with E-state index in [2.05, 4.69) is 46.9 Å². The number of H-pyrrole nitrogens is 1. The predicted octanol–water partition coefficient (Wildman–Crippen LogP) is 3.06. The van der Waals surface area contributed by atoms with Gasteiger partial charge in [0.15, 0.2) is 0 Å². The lowest BCUT2D eigenvalue weighted by molar-refractivity contribution is 0.601. The molecule has 2 rings (SSSR count). The largest absolute Gasteiger partial charge is 0.363 e. The van der Waals surface area contributed by atoms with Crippen molar-refractivity contribution in [3.8, 4) is 0 Å². The highest BCUT2D eigenvalue weighted by Crippen LogP contribution is 2.28. The second-order valence-corrected chi connectivity index (χ2v) is 7.57. The van der Waals surface area contributed by atoms with E-state index in [4.69, 9.17) is 0 Å². The average Bonchev–Trinajstić information content (AvgIpc) is 2.83. The van der Waals surface area contributed by atoms with Crippen molar-refractivity contribution >= 4 is 47.6 Å². The third-order valence-electron chi connectivity index (χ3n) is 2.57. The maximum absolute atomic E-state index is 12.3. The first-order valence-electron chi connectivity index (χ1n) is 5.72. The summed E-state index contributed by atoms with van der Waals surface area (Å²) in [6.07, 6.45) is 1.47. The summed E-state index contributed by atoms with van der Waals surface area (Å²) in [5, 5.41) is 2.95. The fourth-order valence-corrected chi connectivity index (χ4v) is 3.57. The van der Waals surface area contributed by atoms with Crippen LogP contribution < -0.4 is 10.0 Å². The number of nitrogens with one attached hydrogen (secondary N) is 3. The van der Waals surface area contributed by atoms with E-state index in [-0.39, 0.29) is 4.90 Å². The number of hydrogen-bond donors (Lipinski definition) is 3. The van der Waals surface area contributed by atoms with Gasteiger partial charge in [-0.05, 0) is 47.2 Å². The molecule has 5 nitrogen and oxygen atoms in total. The van der Waals surface area contributed by atoms with Crippen LogP contribution in [0.3, 0.4) is 0 Å². The molecule has 0 radical (unpaired) electrons. The van der Waals surface area contributed by atoms with Crippen molar-refractivity contribution in [2.75, 3.05) is 11.8 Å². The molecule has 1 heterocycles. The molecule has 0 amide bonds. The minimum absolute atomic E-state index is 0.203. The predicted molar refractivity (Wildman–Crippen MR) is 86.2 cm³/mol. The van der Waals surface area contributed by atoms with Crippen molar-refractivity contribution < 1.29 is 8.42 Å². The highest BCUT2D eigenvalue weighted by molar-refractivity contribution is 9.11.